The van der Waals surface area contributed by atoms with E-state index in [2.05, 4.69) is 14.8 Å². The minimum Gasteiger partial charge on any atom is -0.396 e. The van der Waals surface area contributed by atoms with Crippen molar-refractivity contribution in [3.63, 3.8) is 0 Å². The molecule has 2 rings (SSSR count). The van der Waals surface area contributed by atoms with E-state index in [1.165, 1.54) is 0 Å². The minimum atomic E-state index is 0.193. The minimum absolute atomic E-state index is 0.193. The number of aromatic nitrogens is 1. The summed E-state index contributed by atoms with van der Waals surface area (Å²) < 4.78 is 0. The Morgan fingerprint density at radius 3 is 2.89 bits per heavy atom. The van der Waals surface area contributed by atoms with E-state index in [-0.39, 0.29) is 12.3 Å². The zero-order valence-electron chi connectivity index (χ0n) is 10.9. The van der Waals surface area contributed by atoms with E-state index >= 15 is 0 Å². The van der Waals surface area contributed by atoms with Crippen LogP contribution in [0.3, 0.4) is 0 Å². The number of nitriles is 1. The molecule has 0 bridgehead atoms. The second-order valence-electron chi connectivity index (χ2n) is 4.62. The van der Waals surface area contributed by atoms with E-state index in [1.807, 2.05) is 12.1 Å². The number of hydrogen-bond donors (Lipinski definition) is 2. The molecule has 1 aromatic rings. The lowest BCUT2D eigenvalue weighted by atomic mass is 10.3. The highest BCUT2D eigenvalue weighted by Gasteiger charge is 2.16. The number of β-amino-alcohol motifs (C(OH)–C–C–N with tert-alkyl or cyclic N) is 1. The predicted molar refractivity (Wildman–Crippen MR) is 73.7 cm³/mol. The lowest BCUT2D eigenvalue weighted by molar-refractivity contribution is 0.204. The molecule has 0 atom stereocenters. The average Bonchev–Trinajstić information content (AvgIpc) is 2.66. The van der Waals surface area contributed by atoms with E-state index in [0.29, 0.717) is 12.2 Å². The van der Waals surface area contributed by atoms with Gasteiger partial charge in [0.1, 0.15) is 11.9 Å². The van der Waals surface area contributed by atoms with Gasteiger partial charge in [-0.3, -0.25) is 4.90 Å². The molecule has 19 heavy (non-hydrogen) atoms. The summed E-state index contributed by atoms with van der Waals surface area (Å²) in [6, 6.07) is 5.61. The van der Waals surface area contributed by atoms with Crippen LogP contribution in [-0.2, 0) is 0 Å². The van der Waals surface area contributed by atoms with Crippen LogP contribution in [0.15, 0.2) is 12.1 Å². The van der Waals surface area contributed by atoms with Crippen molar-refractivity contribution in [1.29, 1.82) is 5.26 Å². The predicted octanol–water partition coefficient (Wildman–Crippen LogP) is 0.0399. The molecule has 3 N–H and O–H groups in total. The van der Waals surface area contributed by atoms with Crippen molar-refractivity contribution in [3.05, 3.63) is 17.8 Å². The summed E-state index contributed by atoms with van der Waals surface area (Å²) in [5.41, 5.74) is 6.39. The van der Waals surface area contributed by atoms with Gasteiger partial charge in [-0.15, -0.1) is 0 Å². The van der Waals surface area contributed by atoms with Gasteiger partial charge in [0.25, 0.3) is 0 Å². The third-order valence-corrected chi connectivity index (χ3v) is 3.35. The number of nitrogens with zero attached hydrogens (tertiary/aromatic N) is 4. The first-order valence-electron chi connectivity index (χ1n) is 6.49. The second-order valence-corrected chi connectivity index (χ2v) is 4.62. The van der Waals surface area contributed by atoms with Gasteiger partial charge in [-0.2, -0.15) is 5.26 Å². The number of aliphatic hydroxyl groups is 1. The average molecular weight is 261 g/mol. The fourth-order valence-electron chi connectivity index (χ4n) is 2.29. The number of nitrogen functional groups attached to an aromatic ring is 1. The number of aliphatic hydroxyl groups excluding tert-OH is 1. The fourth-order valence-corrected chi connectivity index (χ4v) is 2.29. The van der Waals surface area contributed by atoms with E-state index in [9.17, 15) is 0 Å². The Labute approximate surface area is 113 Å². The molecule has 0 unspecified atom stereocenters. The molecule has 0 saturated carbocycles. The largest absolute Gasteiger partial charge is 0.396 e. The van der Waals surface area contributed by atoms with Gasteiger partial charge in [0, 0.05) is 26.2 Å². The van der Waals surface area contributed by atoms with Gasteiger partial charge in [-0.1, -0.05) is 0 Å². The van der Waals surface area contributed by atoms with E-state index in [0.717, 1.165) is 38.4 Å². The molecule has 1 aliphatic heterocycles. The van der Waals surface area contributed by atoms with Crippen molar-refractivity contribution in [2.24, 2.45) is 0 Å². The van der Waals surface area contributed by atoms with Crippen LogP contribution in [0.25, 0.3) is 0 Å². The smallest absolute Gasteiger partial charge is 0.165 e. The Bertz CT molecular complexity index is 471. The molecule has 102 valence electrons. The first-order chi connectivity index (χ1) is 9.24. The molecule has 0 spiro atoms. The van der Waals surface area contributed by atoms with Gasteiger partial charge in [-0.25, -0.2) is 4.98 Å². The van der Waals surface area contributed by atoms with Crippen LogP contribution in [0.2, 0.25) is 0 Å². The quantitative estimate of drug-likeness (QED) is 0.798. The van der Waals surface area contributed by atoms with Gasteiger partial charge < -0.3 is 15.7 Å². The summed E-state index contributed by atoms with van der Waals surface area (Å²) in [6.07, 6.45) is 1.02. The van der Waals surface area contributed by atoms with Gasteiger partial charge in [0.2, 0.25) is 0 Å². The molecule has 2 heterocycles. The lowest BCUT2D eigenvalue weighted by Gasteiger charge is -2.22. The maximum Gasteiger partial charge on any atom is 0.165 e. The number of nitrogens with two attached hydrogens (primary N) is 1. The van der Waals surface area contributed by atoms with Crippen LogP contribution in [0.4, 0.5) is 11.5 Å². The Morgan fingerprint density at radius 1 is 1.32 bits per heavy atom. The van der Waals surface area contributed by atoms with Crippen LogP contribution < -0.4 is 10.6 Å². The van der Waals surface area contributed by atoms with Crippen LogP contribution in [-0.4, -0.2) is 54.3 Å². The standard InChI is InChI=1S/C13H19N5O/c14-10-12-11(15)2-3-13(16-12)18-5-1-4-17(6-7-18)8-9-19/h2-3,19H,1,4-9,15H2. The van der Waals surface area contributed by atoms with Gasteiger partial charge in [0.05, 0.1) is 12.3 Å². The van der Waals surface area contributed by atoms with Crippen molar-refractivity contribution in [1.82, 2.24) is 9.88 Å². The number of rotatable bonds is 3. The topological polar surface area (TPSA) is 89.4 Å². The molecule has 1 aliphatic rings. The molecule has 1 aromatic heterocycles. The summed E-state index contributed by atoms with van der Waals surface area (Å²) in [5.74, 6) is 0.802. The van der Waals surface area contributed by atoms with Crippen LogP contribution >= 0.6 is 0 Å². The maximum absolute atomic E-state index is 8.97. The molecule has 1 saturated heterocycles. The molecule has 1 fully saturated rings. The normalized spacial score (nSPS) is 16.9. The summed E-state index contributed by atoms with van der Waals surface area (Å²) in [6.45, 7) is 4.54. The molecular formula is C13H19N5O. The van der Waals surface area contributed by atoms with Crippen molar-refractivity contribution in [2.75, 3.05) is 50.0 Å². The Balaban J connectivity index is 2.08. The molecule has 6 heteroatoms. The van der Waals surface area contributed by atoms with Crippen LogP contribution in [0.1, 0.15) is 12.1 Å². The van der Waals surface area contributed by atoms with Crippen molar-refractivity contribution in [2.45, 2.75) is 6.42 Å². The summed E-state index contributed by atoms with van der Waals surface area (Å²) in [7, 11) is 0. The van der Waals surface area contributed by atoms with E-state index in [4.69, 9.17) is 16.1 Å². The molecule has 0 radical (unpaired) electrons. The number of hydrogen-bond acceptors (Lipinski definition) is 6. The van der Waals surface area contributed by atoms with Crippen molar-refractivity contribution < 1.29 is 5.11 Å². The molecular weight excluding hydrogens is 242 g/mol. The van der Waals surface area contributed by atoms with E-state index in [1.54, 1.807) is 6.07 Å². The highest BCUT2D eigenvalue weighted by molar-refractivity contribution is 5.55. The molecule has 0 aromatic carbocycles. The third-order valence-electron chi connectivity index (χ3n) is 3.35. The molecule has 0 aliphatic carbocycles. The Hall–Kier alpha value is -1.84. The number of anilines is 2. The zero-order valence-corrected chi connectivity index (χ0v) is 10.9. The fraction of sp³-hybridized carbons (Fsp3) is 0.538. The van der Waals surface area contributed by atoms with Gasteiger partial charge in [0.15, 0.2) is 5.69 Å². The Kier molecular flexibility index (Phi) is 4.55. The van der Waals surface area contributed by atoms with Crippen LogP contribution in [0.5, 0.6) is 0 Å². The Morgan fingerprint density at radius 2 is 2.16 bits per heavy atom. The first kappa shape index (κ1) is 13.6. The second kappa shape index (κ2) is 6.36. The highest BCUT2D eigenvalue weighted by Crippen LogP contribution is 2.17. The highest BCUT2D eigenvalue weighted by atomic mass is 16.3. The molecule has 6 nitrogen and oxygen atoms in total. The van der Waals surface area contributed by atoms with Crippen molar-refractivity contribution >= 4 is 11.5 Å². The van der Waals surface area contributed by atoms with E-state index < -0.39 is 0 Å². The number of pyridine rings is 1. The molecule has 0 amide bonds. The summed E-state index contributed by atoms with van der Waals surface area (Å²) >= 11 is 0. The maximum atomic E-state index is 8.97. The zero-order chi connectivity index (χ0) is 13.7. The van der Waals surface area contributed by atoms with Gasteiger partial charge >= 0.3 is 0 Å². The third kappa shape index (κ3) is 3.34. The lowest BCUT2D eigenvalue weighted by Crippen LogP contribution is -2.32. The monoisotopic (exact) mass is 261 g/mol. The van der Waals surface area contributed by atoms with Crippen LogP contribution in [0, 0.1) is 11.3 Å². The van der Waals surface area contributed by atoms with Gasteiger partial charge in [-0.05, 0) is 25.1 Å². The summed E-state index contributed by atoms with van der Waals surface area (Å²) in [5, 5.41) is 17.9. The first-order valence-corrected chi connectivity index (χ1v) is 6.49. The van der Waals surface area contributed by atoms with Crippen molar-refractivity contribution in [3.8, 4) is 6.07 Å². The summed E-state index contributed by atoms with van der Waals surface area (Å²) in [4.78, 5) is 8.70. The SMILES string of the molecule is N#Cc1nc(N2CCCN(CCO)CC2)ccc1N.